The maximum atomic E-state index is 15.0. The van der Waals surface area contributed by atoms with Crippen molar-refractivity contribution in [3.63, 3.8) is 0 Å². The third-order valence-electron chi connectivity index (χ3n) is 9.64. The average Bonchev–Trinajstić information content (AvgIpc) is 4.12. The fourth-order valence-electron chi connectivity index (χ4n) is 6.66. The number of carbonyl (C=O) groups excluding carboxylic acids is 2. The summed E-state index contributed by atoms with van der Waals surface area (Å²) in [7, 11) is 0. The second kappa shape index (κ2) is 22.2. The van der Waals surface area contributed by atoms with Crippen molar-refractivity contribution in [1.82, 2.24) is 49.8 Å². The molecule has 0 bridgehead atoms. The number of esters is 2. The van der Waals surface area contributed by atoms with Crippen LogP contribution in [0.1, 0.15) is 67.2 Å². The summed E-state index contributed by atoms with van der Waals surface area (Å²) in [6, 6.07) is 9.11. The first kappa shape index (κ1) is 48.9. The Morgan fingerprint density at radius 1 is 0.691 bits per heavy atom. The standard InChI is InChI=1S/2C23H23ClFN5O4/c1-4-32-20(31)6-5-7-30-12-15-8-16(18(25)10-19(15)28-30)21-27-22(34-29-21)14-9-17(24)23(26-11-14)33-13(2)3;1-4-32-20(31)6-5-7-30-19-10-18(25)16(8-14(19)12-27-30)21-28-22(34-29-21)15-9-17(24)23(26-11-15)33-13(2)3/h2*8-13H,4-7H2,1-3H3. The van der Waals surface area contributed by atoms with E-state index in [-0.39, 0.29) is 65.1 Å². The Labute approximate surface area is 397 Å². The number of rotatable bonds is 18. The van der Waals surface area contributed by atoms with Gasteiger partial charge in [0.25, 0.3) is 11.8 Å². The van der Waals surface area contributed by atoms with E-state index in [2.05, 4.69) is 40.4 Å². The second-order valence-corrected chi connectivity index (χ2v) is 16.4. The SMILES string of the molecule is CCOC(=O)CCCn1cc2cc(-c3noc(-c4cnc(OC(C)C)c(Cl)c4)n3)c(F)cc2n1.CCOC(=O)CCCn1ncc2cc(-c3noc(-c4cnc(OC(C)C)c(Cl)c4)n3)c(F)cc21. The minimum atomic E-state index is -0.534. The summed E-state index contributed by atoms with van der Waals surface area (Å²) in [5.41, 5.74) is 2.40. The van der Waals surface area contributed by atoms with Crippen molar-refractivity contribution in [2.75, 3.05) is 13.2 Å². The molecule has 68 heavy (non-hydrogen) atoms. The predicted molar refractivity (Wildman–Crippen MR) is 246 cm³/mol. The molecule has 0 radical (unpaired) electrons. The molecular weight excluding hydrogens is 929 g/mol. The van der Waals surface area contributed by atoms with Gasteiger partial charge in [-0.3, -0.25) is 19.0 Å². The summed E-state index contributed by atoms with van der Waals surface area (Å²) in [5.74, 6) is -0.502. The van der Waals surface area contributed by atoms with Gasteiger partial charge in [-0.1, -0.05) is 33.5 Å². The van der Waals surface area contributed by atoms with Crippen molar-refractivity contribution in [3.05, 3.63) is 82.9 Å². The summed E-state index contributed by atoms with van der Waals surface area (Å²) in [6.45, 7) is 12.7. The maximum Gasteiger partial charge on any atom is 0.305 e. The molecule has 6 aromatic heterocycles. The highest BCUT2D eigenvalue weighted by molar-refractivity contribution is 6.32. The normalized spacial score (nSPS) is 11.4. The summed E-state index contributed by atoms with van der Waals surface area (Å²) < 4.78 is 64.7. The quantitative estimate of drug-likeness (QED) is 0.0732. The van der Waals surface area contributed by atoms with Crippen LogP contribution in [0.25, 0.3) is 67.5 Å². The largest absolute Gasteiger partial charge is 0.474 e. The van der Waals surface area contributed by atoms with E-state index in [0.717, 1.165) is 0 Å². The molecule has 22 heteroatoms. The lowest BCUT2D eigenvalue weighted by Gasteiger charge is -2.09. The summed E-state index contributed by atoms with van der Waals surface area (Å²) in [5, 5.41) is 18.5. The molecule has 0 spiro atoms. The first-order chi connectivity index (χ1) is 32.7. The number of carbonyl (C=O) groups is 2. The number of halogens is 4. The van der Waals surface area contributed by atoms with E-state index in [9.17, 15) is 18.4 Å². The van der Waals surface area contributed by atoms with Crippen LogP contribution in [-0.4, -0.2) is 87.2 Å². The van der Waals surface area contributed by atoms with E-state index in [4.69, 9.17) is 51.2 Å². The predicted octanol–water partition coefficient (Wildman–Crippen LogP) is 10.1. The van der Waals surface area contributed by atoms with Crippen molar-refractivity contribution in [1.29, 1.82) is 0 Å². The van der Waals surface area contributed by atoms with Crippen LogP contribution in [0.5, 0.6) is 11.8 Å². The van der Waals surface area contributed by atoms with Gasteiger partial charge in [-0.25, -0.2) is 18.7 Å². The first-order valence-electron chi connectivity index (χ1n) is 21.7. The Morgan fingerprint density at radius 3 is 1.72 bits per heavy atom. The van der Waals surface area contributed by atoms with Crippen LogP contribution in [0.15, 0.2) is 70.2 Å². The number of nitrogens with zero attached hydrogens (tertiary/aromatic N) is 10. The van der Waals surface area contributed by atoms with Crippen LogP contribution in [0.4, 0.5) is 8.78 Å². The first-order valence-corrected chi connectivity index (χ1v) is 22.4. The van der Waals surface area contributed by atoms with E-state index >= 15 is 0 Å². The molecule has 0 saturated heterocycles. The van der Waals surface area contributed by atoms with Gasteiger partial charge in [0.2, 0.25) is 23.4 Å². The van der Waals surface area contributed by atoms with Crippen LogP contribution < -0.4 is 9.47 Å². The monoisotopic (exact) mass is 974 g/mol. The molecule has 8 rings (SSSR count). The smallest absolute Gasteiger partial charge is 0.305 e. The molecule has 0 fully saturated rings. The zero-order chi connectivity index (χ0) is 48.5. The van der Waals surface area contributed by atoms with Gasteiger partial charge in [0.05, 0.1) is 64.9 Å². The van der Waals surface area contributed by atoms with Crippen molar-refractivity contribution >= 4 is 56.9 Å². The van der Waals surface area contributed by atoms with E-state index in [1.54, 1.807) is 59.9 Å². The van der Waals surface area contributed by atoms with Gasteiger partial charge in [-0.15, -0.1) is 0 Å². The van der Waals surface area contributed by atoms with Crippen molar-refractivity contribution in [3.8, 4) is 57.4 Å². The molecule has 356 valence electrons. The average molecular weight is 976 g/mol. The van der Waals surface area contributed by atoms with Gasteiger partial charge < -0.3 is 28.0 Å². The number of aromatic nitrogens is 10. The van der Waals surface area contributed by atoms with E-state index < -0.39 is 11.6 Å². The van der Waals surface area contributed by atoms with E-state index in [0.29, 0.717) is 100 Å². The van der Waals surface area contributed by atoms with Crippen LogP contribution >= 0.6 is 23.2 Å². The van der Waals surface area contributed by atoms with Crippen LogP contribution in [-0.2, 0) is 32.2 Å². The number of aryl methyl sites for hydroxylation is 2. The molecule has 0 N–H and O–H groups in total. The van der Waals surface area contributed by atoms with Crippen molar-refractivity contribution in [2.24, 2.45) is 0 Å². The molecule has 0 aliphatic rings. The summed E-state index contributed by atoms with van der Waals surface area (Å²) in [4.78, 5) is 40.0. The highest BCUT2D eigenvalue weighted by atomic mass is 35.5. The van der Waals surface area contributed by atoms with Gasteiger partial charge in [0, 0.05) is 67.4 Å². The fourth-order valence-corrected chi connectivity index (χ4v) is 7.08. The third kappa shape index (κ3) is 12.1. The zero-order valence-electron chi connectivity index (χ0n) is 37.8. The van der Waals surface area contributed by atoms with Crippen LogP contribution in [0, 0.1) is 11.6 Å². The van der Waals surface area contributed by atoms with Gasteiger partial charge in [0.15, 0.2) is 0 Å². The minimum absolute atomic E-state index is 0.0781. The van der Waals surface area contributed by atoms with Crippen LogP contribution in [0.3, 0.4) is 0 Å². The van der Waals surface area contributed by atoms with Gasteiger partial charge >= 0.3 is 11.9 Å². The van der Waals surface area contributed by atoms with Gasteiger partial charge in [-0.05, 0) is 78.6 Å². The molecule has 0 aliphatic carbocycles. The van der Waals surface area contributed by atoms with Gasteiger partial charge in [0.1, 0.15) is 21.7 Å². The summed E-state index contributed by atoms with van der Waals surface area (Å²) in [6.07, 6.45) is 7.91. The number of hydrogen-bond donors (Lipinski definition) is 0. The number of hydrogen-bond acceptors (Lipinski definition) is 16. The highest BCUT2D eigenvalue weighted by Crippen LogP contribution is 2.33. The number of ether oxygens (including phenoxy) is 4. The molecule has 0 saturated carbocycles. The van der Waals surface area contributed by atoms with E-state index in [1.165, 1.54) is 24.5 Å². The molecule has 8 aromatic rings. The second-order valence-electron chi connectivity index (χ2n) is 15.6. The molecule has 0 aliphatic heterocycles. The van der Waals surface area contributed by atoms with E-state index in [1.807, 2.05) is 27.7 Å². The zero-order valence-corrected chi connectivity index (χ0v) is 39.3. The molecular formula is C46H46Cl2F2N10O8. The maximum absolute atomic E-state index is 15.0. The molecule has 6 heterocycles. The molecule has 18 nitrogen and oxygen atoms in total. The Bertz CT molecular complexity index is 2940. The molecule has 2 aromatic carbocycles. The lowest BCUT2D eigenvalue weighted by molar-refractivity contribution is -0.144. The molecule has 0 unspecified atom stereocenters. The lowest BCUT2D eigenvalue weighted by Crippen LogP contribution is -2.07. The highest BCUT2D eigenvalue weighted by Gasteiger charge is 2.21. The fraction of sp³-hybridized carbons (Fsp3) is 0.348. The minimum Gasteiger partial charge on any atom is -0.474 e. The van der Waals surface area contributed by atoms with Crippen molar-refractivity contribution < 1.29 is 46.4 Å². The lowest BCUT2D eigenvalue weighted by atomic mass is 10.1. The number of benzene rings is 2. The Balaban J connectivity index is 0.000000201. The molecule has 0 amide bonds. The van der Waals surface area contributed by atoms with Crippen LogP contribution in [0.2, 0.25) is 10.0 Å². The topological polar surface area (TPSA) is 210 Å². The number of pyridine rings is 2. The molecule has 0 atom stereocenters. The van der Waals surface area contributed by atoms with Crippen molar-refractivity contribution in [2.45, 2.75) is 92.5 Å². The third-order valence-corrected chi connectivity index (χ3v) is 10.2. The summed E-state index contributed by atoms with van der Waals surface area (Å²) >= 11 is 12.5. The number of fused-ring (bicyclic) bond motifs is 2. The Morgan fingerprint density at radius 2 is 1.21 bits per heavy atom. The van der Waals surface area contributed by atoms with Gasteiger partial charge in [-0.2, -0.15) is 20.2 Å². The Hall–Kier alpha value is -7.06. The Kier molecular flexibility index (Phi) is 15.9.